The Bertz CT molecular complexity index is 761. The quantitative estimate of drug-likeness (QED) is 0.519. The van der Waals surface area contributed by atoms with Crippen LogP contribution in [0.1, 0.15) is 37.3 Å². The van der Waals surface area contributed by atoms with Gasteiger partial charge in [0.1, 0.15) is 6.04 Å². The summed E-state index contributed by atoms with van der Waals surface area (Å²) < 4.78 is 5.10. The Kier molecular flexibility index (Phi) is 5.20. The highest BCUT2D eigenvalue weighted by Crippen LogP contribution is 2.25. The van der Waals surface area contributed by atoms with Gasteiger partial charge < -0.3 is 15.4 Å². The maximum absolute atomic E-state index is 12.2. The number of aryl methyl sites for hydroxylation is 2. The Balaban J connectivity index is 1.45. The smallest absolute Gasteiger partial charge is 0.322 e. The van der Waals surface area contributed by atoms with Crippen molar-refractivity contribution in [1.82, 2.24) is 10.6 Å². The summed E-state index contributed by atoms with van der Waals surface area (Å²) in [7, 11) is 0. The minimum absolute atomic E-state index is 0.0746. The molecule has 8 nitrogen and oxygen atoms in total. The molecule has 0 unspecified atom stereocenters. The number of hydrogen-bond acceptors (Lipinski definition) is 5. The average molecular weight is 359 g/mol. The zero-order valence-electron chi connectivity index (χ0n) is 14.5. The summed E-state index contributed by atoms with van der Waals surface area (Å²) in [6, 6.07) is 4.49. The van der Waals surface area contributed by atoms with Gasteiger partial charge in [0.25, 0.3) is 11.8 Å². The van der Waals surface area contributed by atoms with E-state index in [4.69, 9.17) is 4.74 Å². The zero-order chi connectivity index (χ0) is 18.7. The van der Waals surface area contributed by atoms with Crippen LogP contribution >= 0.6 is 0 Å². The molecule has 1 fully saturated rings. The zero-order valence-corrected chi connectivity index (χ0v) is 14.5. The minimum atomic E-state index is -0.956. The summed E-state index contributed by atoms with van der Waals surface area (Å²) in [5.74, 6) is -1.48. The molecule has 26 heavy (non-hydrogen) atoms. The minimum Gasteiger partial charge on any atom is -0.453 e. The molecule has 1 aromatic rings. The number of esters is 1. The highest BCUT2D eigenvalue weighted by atomic mass is 16.5. The monoisotopic (exact) mass is 359 g/mol. The predicted molar refractivity (Wildman–Crippen MR) is 92.3 cm³/mol. The van der Waals surface area contributed by atoms with E-state index in [1.54, 1.807) is 0 Å². The molecule has 0 radical (unpaired) electrons. The van der Waals surface area contributed by atoms with Crippen molar-refractivity contribution in [1.29, 1.82) is 0 Å². The van der Waals surface area contributed by atoms with Crippen LogP contribution in [0, 0.1) is 0 Å². The van der Waals surface area contributed by atoms with Gasteiger partial charge in [-0.25, -0.2) is 4.79 Å². The van der Waals surface area contributed by atoms with Crippen molar-refractivity contribution in [2.45, 2.75) is 51.2 Å². The van der Waals surface area contributed by atoms with Gasteiger partial charge in [-0.05, 0) is 55.9 Å². The molecule has 3 N–H and O–H groups in total. The van der Waals surface area contributed by atoms with E-state index in [1.165, 1.54) is 18.1 Å². The number of fused-ring (bicyclic) bond motifs is 1. The first-order valence-electron chi connectivity index (χ1n) is 8.66. The van der Waals surface area contributed by atoms with E-state index in [0.29, 0.717) is 5.69 Å². The third-order valence-corrected chi connectivity index (χ3v) is 4.54. The van der Waals surface area contributed by atoms with Gasteiger partial charge in [-0.15, -0.1) is 0 Å². The van der Waals surface area contributed by atoms with E-state index in [-0.39, 0.29) is 12.8 Å². The Morgan fingerprint density at radius 3 is 2.77 bits per heavy atom. The second-order valence-electron chi connectivity index (χ2n) is 6.51. The Hall–Kier alpha value is -2.90. The number of nitrogens with one attached hydrogen (secondary N) is 3. The fourth-order valence-corrected chi connectivity index (χ4v) is 3.13. The standard InChI is InChI=1S/C18H21N3O5/c1-10(26-15(22)8-7-14-17(24)21-18(25)20-14)16(23)19-13-6-5-11-3-2-4-12(11)9-13/h5-6,9-10,14H,2-4,7-8H2,1H3,(H,19,23)(H2,20,21,24,25)/t10-,14-/m1/s1. The molecule has 4 amide bonds. The Morgan fingerprint density at radius 2 is 2.04 bits per heavy atom. The van der Waals surface area contributed by atoms with Gasteiger partial charge in [0.2, 0.25) is 0 Å². The van der Waals surface area contributed by atoms with E-state index in [0.717, 1.165) is 19.3 Å². The van der Waals surface area contributed by atoms with E-state index < -0.39 is 36.0 Å². The summed E-state index contributed by atoms with van der Waals surface area (Å²) in [5, 5.41) is 7.24. The van der Waals surface area contributed by atoms with Crippen LogP contribution < -0.4 is 16.0 Å². The molecule has 0 spiro atoms. The second kappa shape index (κ2) is 7.55. The Morgan fingerprint density at radius 1 is 1.27 bits per heavy atom. The second-order valence-corrected chi connectivity index (χ2v) is 6.51. The number of ether oxygens (including phenoxy) is 1. The third kappa shape index (κ3) is 4.19. The van der Waals surface area contributed by atoms with Crippen molar-refractivity contribution >= 4 is 29.5 Å². The van der Waals surface area contributed by atoms with E-state index in [2.05, 4.69) is 16.0 Å². The van der Waals surface area contributed by atoms with Gasteiger partial charge in [-0.2, -0.15) is 0 Å². The topological polar surface area (TPSA) is 114 Å². The third-order valence-electron chi connectivity index (χ3n) is 4.54. The molecule has 8 heteroatoms. The van der Waals surface area contributed by atoms with E-state index >= 15 is 0 Å². The normalized spacial score (nSPS) is 19.3. The van der Waals surface area contributed by atoms with Gasteiger partial charge in [-0.3, -0.25) is 19.7 Å². The fourth-order valence-electron chi connectivity index (χ4n) is 3.13. The van der Waals surface area contributed by atoms with Crippen LogP contribution in [0.15, 0.2) is 18.2 Å². The van der Waals surface area contributed by atoms with Crippen LogP contribution in [0.5, 0.6) is 0 Å². The number of carbonyl (C=O) groups excluding carboxylic acids is 4. The molecule has 1 aliphatic heterocycles. The maximum atomic E-state index is 12.2. The molecule has 1 aromatic carbocycles. The van der Waals surface area contributed by atoms with Gasteiger partial charge in [0.05, 0.1) is 0 Å². The number of urea groups is 1. The molecule has 1 saturated heterocycles. The summed E-state index contributed by atoms with van der Waals surface area (Å²) >= 11 is 0. The average Bonchev–Trinajstić information content (AvgIpc) is 3.18. The molecule has 2 atom stereocenters. The number of amides is 4. The molecule has 0 saturated carbocycles. The van der Waals surface area contributed by atoms with Crippen LogP contribution in [-0.2, 0) is 32.0 Å². The molecule has 138 valence electrons. The Labute approximate surface area is 150 Å². The van der Waals surface area contributed by atoms with Crippen molar-refractivity contribution in [3.63, 3.8) is 0 Å². The van der Waals surface area contributed by atoms with Gasteiger partial charge in [0, 0.05) is 12.1 Å². The number of anilines is 1. The highest BCUT2D eigenvalue weighted by molar-refractivity contribution is 6.04. The summed E-state index contributed by atoms with van der Waals surface area (Å²) in [6.45, 7) is 1.49. The number of hydrogen-bond donors (Lipinski definition) is 3. The largest absolute Gasteiger partial charge is 0.453 e. The van der Waals surface area contributed by atoms with Crippen molar-refractivity contribution in [2.75, 3.05) is 5.32 Å². The molecule has 2 aliphatic rings. The summed E-state index contributed by atoms with van der Waals surface area (Å²) in [4.78, 5) is 46.5. The molecule has 3 rings (SSSR count). The van der Waals surface area contributed by atoms with Crippen molar-refractivity contribution < 1.29 is 23.9 Å². The van der Waals surface area contributed by atoms with Crippen molar-refractivity contribution in [2.24, 2.45) is 0 Å². The number of benzene rings is 1. The number of rotatable bonds is 6. The number of imide groups is 1. The SMILES string of the molecule is C[C@@H](OC(=O)CC[C@H]1NC(=O)NC1=O)C(=O)Nc1ccc2c(c1)CCC2. The van der Waals surface area contributed by atoms with Crippen LogP contribution in [0.3, 0.4) is 0 Å². The lowest BCUT2D eigenvalue weighted by Gasteiger charge is -2.14. The lowest BCUT2D eigenvalue weighted by atomic mass is 10.1. The van der Waals surface area contributed by atoms with Crippen molar-refractivity contribution in [3.8, 4) is 0 Å². The van der Waals surface area contributed by atoms with Crippen LogP contribution in [0.4, 0.5) is 10.5 Å². The fraction of sp³-hybridized carbons (Fsp3) is 0.444. The maximum Gasteiger partial charge on any atom is 0.322 e. The predicted octanol–water partition coefficient (Wildman–Crippen LogP) is 1.03. The molecular weight excluding hydrogens is 338 g/mol. The van der Waals surface area contributed by atoms with Crippen molar-refractivity contribution in [3.05, 3.63) is 29.3 Å². The first kappa shape index (κ1) is 17.9. The lowest BCUT2D eigenvalue weighted by molar-refractivity contribution is -0.153. The van der Waals surface area contributed by atoms with Crippen LogP contribution in [0.2, 0.25) is 0 Å². The molecule has 0 aromatic heterocycles. The van der Waals surface area contributed by atoms with E-state index in [1.807, 2.05) is 18.2 Å². The number of carbonyl (C=O) groups is 4. The molecule has 1 heterocycles. The van der Waals surface area contributed by atoms with Gasteiger partial charge in [0.15, 0.2) is 6.10 Å². The van der Waals surface area contributed by atoms with E-state index in [9.17, 15) is 19.2 Å². The summed E-state index contributed by atoms with van der Waals surface area (Å²) in [5.41, 5.74) is 3.23. The first-order chi connectivity index (χ1) is 12.4. The highest BCUT2D eigenvalue weighted by Gasteiger charge is 2.30. The van der Waals surface area contributed by atoms with Crippen LogP contribution in [0.25, 0.3) is 0 Å². The first-order valence-corrected chi connectivity index (χ1v) is 8.66. The van der Waals surface area contributed by atoms with Gasteiger partial charge in [-0.1, -0.05) is 6.07 Å². The lowest BCUT2D eigenvalue weighted by Crippen LogP contribution is -2.32. The molecule has 0 bridgehead atoms. The molecular formula is C18H21N3O5. The summed E-state index contributed by atoms with van der Waals surface area (Å²) in [6.07, 6.45) is 2.29. The van der Waals surface area contributed by atoms with Gasteiger partial charge >= 0.3 is 12.0 Å². The molecule has 1 aliphatic carbocycles. The van der Waals surface area contributed by atoms with Crippen LogP contribution in [-0.4, -0.2) is 36.0 Å².